The SMILES string of the molecule is C1CC2CCC1CSSCC1CCC(CC1)CSSCC1CCC(CC1)CSSCC1CCC(CC1)CSSCC1CCC(CC1)CSSCC1CCC(CC1)CSSCC1CCC(CC1)CSSC2. The van der Waals surface area contributed by atoms with Gasteiger partial charge in [-0.1, -0.05) is 151 Å². The first-order chi connectivity index (χ1) is 34.6. The van der Waals surface area contributed by atoms with E-state index in [1.54, 1.807) is 0 Å². The summed E-state index contributed by atoms with van der Waals surface area (Å²) in [5, 5.41) is 0. The van der Waals surface area contributed by atoms with Crippen molar-refractivity contribution >= 4 is 151 Å². The van der Waals surface area contributed by atoms with Gasteiger partial charge in [-0.05, 0) is 263 Å². The summed E-state index contributed by atoms with van der Waals surface area (Å²) in [6.07, 6.45) is 42.1. The van der Waals surface area contributed by atoms with Gasteiger partial charge in [0.15, 0.2) is 0 Å². The Kier molecular flexibility index (Phi) is 32.3. The van der Waals surface area contributed by atoms with Gasteiger partial charge in [-0.25, -0.2) is 0 Å². The summed E-state index contributed by atoms with van der Waals surface area (Å²) in [7, 11) is 31.4. The molecule has 0 atom stereocenters. The van der Waals surface area contributed by atoms with Gasteiger partial charge in [-0.3, -0.25) is 0 Å². The van der Waals surface area contributed by atoms with Crippen molar-refractivity contribution in [3.63, 3.8) is 0 Å². The smallest absolute Gasteiger partial charge is 0.00653 e. The van der Waals surface area contributed by atoms with E-state index in [0.717, 1.165) is 82.9 Å². The summed E-state index contributed by atoms with van der Waals surface area (Å²) in [6, 6.07) is 0. The summed E-state index contributed by atoms with van der Waals surface area (Å²) < 4.78 is 0. The maximum Gasteiger partial charge on any atom is 0.00653 e. The van der Waals surface area contributed by atoms with E-state index in [1.165, 1.54) is 260 Å². The number of hydrogen-bond acceptors (Lipinski definition) is 14. The fraction of sp³-hybridized carbons (Fsp3) is 1.00. The van der Waals surface area contributed by atoms with Gasteiger partial charge in [0, 0.05) is 80.5 Å². The molecule has 15 fully saturated rings. The van der Waals surface area contributed by atoms with Crippen LogP contribution in [0.2, 0.25) is 0 Å². The summed E-state index contributed by atoms with van der Waals surface area (Å²) in [4.78, 5) is 0. The van der Waals surface area contributed by atoms with Crippen LogP contribution in [-0.4, -0.2) is 80.5 Å². The Morgan fingerprint density at radius 3 is 0.214 bits per heavy atom. The molecule has 7 saturated carbocycles. The van der Waals surface area contributed by atoms with E-state index in [4.69, 9.17) is 0 Å². The molecule has 0 radical (unpaired) electrons. The summed E-state index contributed by atoms with van der Waals surface area (Å²) >= 11 is 0. The van der Waals surface area contributed by atoms with Gasteiger partial charge < -0.3 is 0 Å². The van der Waals surface area contributed by atoms with Crippen LogP contribution >= 0.6 is 151 Å². The molecule has 14 heteroatoms. The fourth-order valence-electron chi connectivity index (χ4n) is 13.0. The quantitative estimate of drug-likeness (QED) is 0.211. The van der Waals surface area contributed by atoms with Crippen molar-refractivity contribution in [2.75, 3.05) is 80.5 Å². The second-order valence-electron chi connectivity index (χ2n) is 24.2. The molecule has 8 saturated heterocycles. The van der Waals surface area contributed by atoms with Crippen molar-refractivity contribution in [3.05, 3.63) is 0 Å². The fourth-order valence-corrected chi connectivity index (χ4v) is 33.8. The molecule has 0 aromatic heterocycles. The Bertz CT molecular complexity index is 918. The monoisotopic (exact) mass is 1220 g/mol. The normalized spacial score (nSPS) is 40.8. The van der Waals surface area contributed by atoms with E-state index in [9.17, 15) is 0 Å². The molecule has 7 aliphatic carbocycles. The first-order valence-corrected chi connectivity index (χ1v) is 46.8. The van der Waals surface area contributed by atoms with Gasteiger partial charge in [0.1, 0.15) is 0 Å². The highest BCUT2D eigenvalue weighted by Crippen LogP contribution is 2.46. The minimum Gasteiger partial charge on any atom is -0.0939 e. The zero-order chi connectivity index (χ0) is 47.7. The maximum atomic E-state index is 2.25. The van der Waals surface area contributed by atoms with Crippen LogP contribution < -0.4 is 0 Å². The van der Waals surface area contributed by atoms with E-state index < -0.39 is 0 Å². The molecule has 0 amide bonds. The van der Waals surface area contributed by atoms with Crippen LogP contribution in [0, 0.1) is 82.9 Å². The van der Waals surface area contributed by atoms with Gasteiger partial charge in [0.2, 0.25) is 0 Å². The first kappa shape index (κ1) is 61.0. The number of hydrogen-bond donors (Lipinski definition) is 0. The third kappa shape index (κ3) is 24.5. The van der Waals surface area contributed by atoms with E-state index >= 15 is 0 Å². The van der Waals surface area contributed by atoms with Crippen LogP contribution in [0.4, 0.5) is 0 Å². The topological polar surface area (TPSA) is 0 Å². The average Bonchev–Trinajstić information content (AvgIpc) is 3.40. The number of fused-ring (bicyclic) bond motifs is 6. The van der Waals surface area contributed by atoms with Crippen LogP contribution in [0.5, 0.6) is 0 Å². The van der Waals surface area contributed by atoms with Crippen molar-refractivity contribution in [1.82, 2.24) is 0 Å². The molecule has 0 spiro atoms. The average molecular weight is 1220 g/mol. The lowest BCUT2D eigenvalue weighted by Crippen LogP contribution is -2.19. The van der Waals surface area contributed by atoms with Crippen LogP contribution in [0.3, 0.4) is 0 Å². The molecule has 15 aliphatic rings. The van der Waals surface area contributed by atoms with E-state index in [2.05, 4.69) is 151 Å². The van der Waals surface area contributed by atoms with E-state index in [1.807, 2.05) is 0 Å². The maximum absolute atomic E-state index is 2.25. The van der Waals surface area contributed by atoms with Gasteiger partial charge >= 0.3 is 0 Å². The molecule has 0 N–H and O–H groups in total. The Morgan fingerprint density at radius 1 is 0.100 bits per heavy atom. The molecule has 0 unspecified atom stereocenters. The van der Waals surface area contributed by atoms with Gasteiger partial charge in [-0.15, -0.1) is 0 Å². The molecular weight excluding hydrogens is 1120 g/mol. The lowest BCUT2D eigenvalue weighted by atomic mass is 9.84. The van der Waals surface area contributed by atoms with Gasteiger partial charge in [-0.2, -0.15) is 0 Å². The molecular formula is C56H98S14. The predicted molar refractivity (Wildman–Crippen MR) is 353 cm³/mol. The molecule has 0 aromatic rings. The zero-order valence-corrected chi connectivity index (χ0v) is 54.9. The molecule has 8 heterocycles. The van der Waals surface area contributed by atoms with Crippen molar-refractivity contribution < 1.29 is 0 Å². The molecule has 0 aromatic carbocycles. The van der Waals surface area contributed by atoms with Crippen LogP contribution in [0.15, 0.2) is 0 Å². The summed E-state index contributed by atoms with van der Waals surface area (Å²) in [6.45, 7) is 0. The summed E-state index contributed by atoms with van der Waals surface area (Å²) in [5.41, 5.74) is 0. The van der Waals surface area contributed by atoms with Crippen LogP contribution in [0.25, 0.3) is 0 Å². The minimum atomic E-state index is 0.995. The molecule has 70 heavy (non-hydrogen) atoms. The molecule has 14 bridgehead atoms. The van der Waals surface area contributed by atoms with Crippen LogP contribution in [-0.2, 0) is 0 Å². The Morgan fingerprint density at radius 2 is 0.157 bits per heavy atom. The predicted octanol–water partition coefficient (Wildman–Crippen LogP) is 22.3. The Hall–Kier alpha value is 4.90. The second-order valence-corrected chi connectivity index (χ2v) is 42.1. The largest absolute Gasteiger partial charge is 0.0939 e. The molecule has 8 aliphatic heterocycles. The third-order valence-corrected chi connectivity index (χ3v) is 37.5. The highest BCUT2D eigenvalue weighted by molar-refractivity contribution is 8.78. The molecule has 15 rings (SSSR count). The number of rotatable bonds is 0. The second kappa shape index (κ2) is 37.1. The zero-order valence-electron chi connectivity index (χ0n) is 43.5. The highest BCUT2D eigenvalue weighted by atomic mass is 33.1. The Labute approximate surface area is 488 Å². The van der Waals surface area contributed by atoms with Gasteiger partial charge in [0.25, 0.3) is 0 Å². The Balaban J connectivity index is 0.672. The lowest BCUT2D eigenvalue weighted by molar-refractivity contribution is 0.315. The molecule has 406 valence electrons. The lowest BCUT2D eigenvalue weighted by Gasteiger charge is -2.30. The first-order valence-electron chi connectivity index (χ1n) is 29.4. The van der Waals surface area contributed by atoms with Gasteiger partial charge in [0.05, 0.1) is 0 Å². The summed E-state index contributed by atoms with van der Waals surface area (Å²) in [5.74, 6) is 33.8. The molecule has 0 nitrogen and oxygen atoms in total. The highest BCUT2D eigenvalue weighted by Gasteiger charge is 2.29. The van der Waals surface area contributed by atoms with E-state index in [-0.39, 0.29) is 0 Å². The van der Waals surface area contributed by atoms with E-state index in [0.29, 0.717) is 0 Å². The van der Waals surface area contributed by atoms with Crippen molar-refractivity contribution in [2.24, 2.45) is 82.9 Å². The standard InChI is InChI=1S/C56H98S14/c1-2-44-4-3-43(1)29-57-59-31-45-5-7-47(8-6-45)33-61-63-35-49-13-15-51(16-14-49)37-65-67-39-53-21-23-55(24-22-53)41-69-70-42-56-27-25-54(26-28-56)40-68-66-38-52-19-17-50(18-20-52)36-64-62-34-48-11-9-46(10-12-48)32-60-58-30-44/h43-56H,1-42H2. The third-order valence-electron chi connectivity index (χ3n) is 18.6. The van der Waals surface area contributed by atoms with Crippen molar-refractivity contribution in [1.29, 1.82) is 0 Å². The van der Waals surface area contributed by atoms with Crippen molar-refractivity contribution in [3.8, 4) is 0 Å². The minimum absolute atomic E-state index is 0.995. The van der Waals surface area contributed by atoms with Crippen LogP contribution in [0.1, 0.15) is 180 Å². The van der Waals surface area contributed by atoms with Crippen molar-refractivity contribution in [2.45, 2.75) is 180 Å².